The number of aryl methyl sites for hydroxylation is 2. The van der Waals surface area contributed by atoms with E-state index in [1.54, 1.807) is 0 Å². The Morgan fingerprint density at radius 2 is 1.90 bits per heavy atom. The first-order chi connectivity index (χ1) is 10.1. The highest BCUT2D eigenvalue weighted by Crippen LogP contribution is 2.35. The van der Waals surface area contributed by atoms with Gasteiger partial charge in [-0.25, -0.2) is 0 Å². The zero-order chi connectivity index (χ0) is 15.0. The van der Waals surface area contributed by atoms with Gasteiger partial charge in [0.15, 0.2) is 0 Å². The molecule has 1 aliphatic rings. The van der Waals surface area contributed by atoms with Gasteiger partial charge in [-0.3, -0.25) is 4.79 Å². The van der Waals surface area contributed by atoms with Crippen LogP contribution < -0.4 is 5.56 Å². The van der Waals surface area contributed by atoms with Crippen LogP contribution in [0.5, 0.6) is 5.88 Å². The van der Waals surface area contributed by atoms with Gasteiger partial charge in [-0.05, 0) is 49.8 Å². The smallest absolute Gasteiger partial charge is 0.258 e. The molecule has 0 radical (unpaired) electrons. The van der Waals surface area contributed by atoms with Crippen molar-refractivity contribution in [1.29, 1.82) is 0 Å². The zero-order valence-electron chi connectivity index (χ0n) is 12.4. The Bertz CT molecular complexity index is 728. The minimum atomic E-state index is -0.206. The standard InChI is InChI=1S/C17H20N2O2/c1-10-7-8-13(9-11(10)2)15-18-16(20)14(17(21)19-15)12-5-3-4-6-12/h7-9,12H,3-6H2,1-2H3,(H2,18,19,20,21). The van der Waals surface area contributed by atoms with Crippen LogP contribution in [0.2, 0.25) is 0 Å². The Kier molecular flexibility index (Phi) is 3.53. The third kappa shape index (κ3) is 2.58. The maximum absolute atomic E-state index is 12.3. The van der Waals surface area contributed by atoms with Crippen LogP contribution in [0.4, 0.5) is 0 Å². The quantitative estimate of drug-likeness (QED) is 0.888. The van der Waals surface area contributed by atoms with Crippen molar-refractivity contribution in [3.8, 4) is 17.3 Å². The molecule has 0 bridgehead atoms. The average Bonchev–Trinajstić information content (AvgIpc) is 2.95. The monoisotopic (exact) mass is 284 g/mol. The Morgan fingerprint density at radius 1 is 1.19 bits per heavy atom. The van der Waals surface area contributed by atoms with Gasteiger partial charge >= 0.3 is 0 Å². The third-order valence-electron chi connectivity index (χ3n) is 4.48. The molecule has 2 aromatic rings. The molecule has 110 valence electrons. The Hall–Kier alpha value is -2.10. The topological polar surface area (TPSA) is 66.0 Å². The molecule has 1 heterocycles. The van der Waals surface area contributed by atoms with Gasteiger partial charge < -0.3 is 10.1 Å². The van der Waals surface area contributed by atoms with Gasteiger partial charge in [0.2, 0.25) is 5.88 Å². The van der Waals surface area contributed by atoms with Crippen LogP contribution in [0.15, 0.2) is 23.0 Å². The first-order valence-electron chi connectivity index (χ1n) is 7.47. The Labute approximate surface area is 123 Å². The summed E-state index contributed by atoms with van der Waals surface area (Å²) in [6, 6.07) is 5.88. The maximum Gasteiger partial charge on any atom is 0.258 e. The molecule has 0 saturated heterocycles. The highest BCUT2D eigenvalue weighted by atomic mass is 16.3. The molecule has 1 saturated carbocycles. The van der Waals surface area contributed by atoms with E-state index < -0.39 is 0 Å². The van der Waals surface area contributed by atoms with Crippen molar-refractivity contribution in [2.75, 3.05) is 0 Å². The van der Waals surface area contributed by atoms with Crippen molar-refractivity contribution < 1.29 is 5.11 Å². The highest BCUT2D eigenvalue weighted by Gasteiger charge is 2.24. The van der Waals surface area contributed by atoms with Crippen LogP contribution in [0.25, 0.3) is 11.4 Å². The molecule has 2 N–H and O–H groups in total. The molecule has 0 aliphatic heterocycles. The van der Waals surface area contributed by atoms with Gasteiger partial charge in [0.1, 0.15) is 5.82 Å². The predicted molar refractivity (Wildman–Crippen MR) is 82.6 cm³/mol. The fourth-order valence-corrected chi connectivity index (χ4v) is 3.08. The fraction of sp³-hybridized carbons (Fsp3) is 0.412. The van der Waals surface area contributed by atoms with Gasteiger partial charge in [-0.1, -0.05) is 25.0 Å². The summed E-state index contributed by atoms with van der Waals surface area (Å²) in [7, 11) is 0. The second kappa shape index (κ2) is 5.35. The van der Waals surface area contributed by atoms with E-state index in [1.807, 2.05) is 32.0 Å². The summed E-state index contributed by atoms with van der Waals surface area (Å²) in [5, 5.41) is 10.2. The molecule has 0 atom stereocenters. The van der Waals surface area contributed by atoms with Crippen molar-refractivity contribution >= 4 is 0 Å². The summed E-state index contributed by atoms with van der Waals surface area (Å²) in [5.41, 5.74) is 3.40. The second-order valence-corrected chi connectivity index (χ2v) is 5.93. The van der Waals surface area contributed by atoms with Crippen molar-refractivity contribution in [2.24, 2.45) is 0 Å². The van der Waals surface area contributed by atoms with Crippen molar-refractivity contribution in [2.45, 2.75) is 45.4 Å². The minimum absolute atomic E-state index is 0.112. The lowest BCUT2D eigenvalue weighted by molar-refractivity contribution is 0.436. The second-order valence-electron chi connectivity index (χ2n) is 5.93. The van der Waals surface area contributed by atoms with Crippen molar-refractivity contribution in [3.05, 3.63) is 45.2 Å². The van der Waals surface area contributed by atoms with Crippen molar-refractivity contribution in [3.63, 3.8) is 0 Å². The van der Waals surface area contributed by atoms with E-state index in [9.17, 15) is 9.90 Å². The summed E-state index contributed by atoms with van der Waals surface area (Å²) >= 11 is 0. The molecule has 4 heteroatoms. The molecular weight excluding hydrogens is 264 g/mol. The normalized spacial score (nSPS) is 15.5. The predicted octanol–water partition coefficient (Wildman–Crippen LogP) is 3.42. The Morgan fingerprint density at radius 3 is 2.52 bits per heavy atom. The Balaban J connectivity index is 2.05. The molecule has 1 fully saturated rings. The van der Waals surface area contributed by atoms with Crippen LogP contribution in [-0.2, 0) is 0 Å². The lowest BCUT2D eigenvalue weighted by Gasteiger charge is -2.11. The lowest BCUT2D eigenvalue weighted by atomic mass is 9.99. The van der Waals surface area contributed by atoms with Gasteiger partial charge in [0.25, 0.3) is 5.56 Å². The van der Waals surface area contributed by atoms with E-state index in [0.717, 1.165) is 36.8 Å². The number of hydrogen-bond donors (Lipinski definition) is 2. The fourth-order valence-electron chi connectivity index (χ4n) is 3.08. The van der Waals surface area contributed by atoms with E-state index >= 15 is 0 Å². The molecular formula is C17H20N2O2. The van der Waals surface area contributed by atoms with E-state index in [4.69, 9.17) is 0 Å². The number of aromatic amines is 1. The molecule has 1 aliphatic carbocycles. The molecule has 3 rings (SSSR count). The summed E-state index contributed by atoms with van der Waals surface area (Å²) in [5.74, 6) is 0.469. The zero-order valence-corrected chi connectivity index (χ0v) is 12.4. The van der Waals surface area contributed by atoms with Crippen LogP contribution in [0.1, 0.15) is 48.3 Å². The number of aromatic hydroxyl groups is 1. The molecule has 1 aromatic carbocycles. The van der Waals surface area contributed by atoms with Crippen LogP contribution in [-0.4, -0.2) is 15.1 Å². The number of rotatable bonds is 2. The van der Waals surface area contributed by atoms with Gasteiger partial charge in [-0.2, -0.15) is 4.98 Å². The van der Waals surface area contributed by atoms with Gasteiger partial charge in [0.05, 0.1) is 5.56 Å². The number of hydrogen-bond acceptors (Lipinski definition) is 3. The highest BCUT2D eigenvalue weighted by molar-refractivity contribution is 5.58. The van der Waals surface area contributed by atoms with Crippen LogP contribution in [0.3, 0.4) is 0 Å². The van der Waals surface area contributed by atoms with E-state index in [-0.39, 0.29) is 17.4 Å². The number of benzene rings is 1. The maximum atomic E-state index is 12.3. The van der Waals surface area contributed by atoms with E-state index in [1.165, 1.54) is 5.56 Å². The molecule has 1 aromatic heterocycles. The first kappa shape index (κ1) is 13.9. The molecule has 0 amide bonds. The van der Waals surface area contributed by atoms with Crippen molar-refractivity contribution in [1.82, 2.24) is 9.97 Å². The van der Waals surface area contributed by atoms with Gasteiger partial charge in [0, 0.05) is 5.56 Å². The third-order valence-corrected chi connectivity index (χ3v) is 4.48. The van der Waals surface area contributed by atoms with Crippen LogP contribution >= 0.6 is 0 Å². The SMILES string of the molecule is Cc1ccc(-c2nc(O)c(C3CCCC3)c(=O)[nH]2)cc1C. The number of aromatic nitrogens is 2. The largest absolute Gasteiger partial charge is 0.493 e. The molecule has 0 unspecified atom stereocenters. The lowest BCUT2D eigenvalue weighted by Crippen LogP contribution is -2.17. The van der Waals surface area contributed by atoms with E-state index in [2.05, 4.69) is 9.97 Å². The minimum Gasteiger partial charge on any atom is -0.493 e. The van der Waals surface area contributed by atoms with Gasteiger partial charge in [-0.15, -0.1) is 0 Å². The number of nitrogens with zero attached hydrogens (tertiary/aromatic N) is 1. The average molecular weight is 284 g/mol. The molecule has 4 nitrogen and oxygen atoms in total. The number of nitrogens with one attached hydrogen (secondary N) is 1. The summed E-state index contributed by atoms with van der Waals surface area (Å²) in [6.45, 7) is 4.06. The summed E-state index contributed by atoms with van der Waals surface area (Å²) in [4.78, 5) is 19.4. The summed E-state index contributed by atoms with van der Waals surface area (Å²) < 4.78 is 0. The number of H-pyrrole nitrogens is 1. The molecule has 0 spiro atoms. The molecule has 21 heavy (non-hydrogen) atoms. The van der Waals surface area contributed by atoms with Crippen LogP contribution in [0, 0.1) is 13.8 Å². The first-order valence-corrected chi connectivity index (χ1v) is 7.47. The summed E-state index contributed by atoms with van der Waals surface area (Å²) in [6.07, 6.45) is 4.15. The van der Waals surface area contributed by atoms with E-state index in [0.29, 0.717) is 11.4 Å².